The molecule has 92 valence electrons. The van der Waals surface area contributed by atoms with Crippen molar-refractivity contribution in [2.45, 2.75) is 37.7 Å². The van der Waals surface area contributed by atoms with Gasteiger partial charge in [0, 0.05) is 11.8 Å². The van der Waals surface area contributed by atoms with Crippen LogP contribution in [0.25, 0.3) is 0 Å². The molecule has 5 heteroatoms. The van der Waals surface area contributed by atoms with Gasteiger partial charge < -0.3 is 5.11 Å². The summed E-state index contributed by atoms with van der Waals surface area (Å²) < 4.78 is 52.9. The largest absolute Gasteiger partial charge is 0.423 e. The zero-order valence-electron chi connectivity index (χ0n) is 9.05. The molecule has 2 rings (SSSR count). The molecule has 1 N–H and O–H groups in total. The van der Waals surface area contributed by atoms with E-state index < -0.39 is 35.2 Å². The highest BCUT2D eigenvalue weighted by molar-refractivity contribution is 5.25. The number of alkyl halides is 4. The van der Waals surface area contributed by atoms with Crippen LogP contribution < -0.4 is 0 Å². The quantitative estimate of drug-likeness (QED) is 0.550. The van der Waals surface area contributed by atoms with Crippen LogP contribution >= 0.6 is 0 Å². The van der Waals surface area contributed by atoms with Gasteiger partial charge >= 0.3 is 6.18 Å². The van der Waals surface area contributed by atoms with Gasteiger partial charge in [0.2, 0.25) is 5.67 Å². The summed E-state index contributed by atoms with van der Waals surface area (Å²) in [4.78, 5) is 0. The van der Waals surface area contributed by atoms with Crippen LogP contribution in [0, 0.1) is 17.8 Å². The summed E-state index contributed by atoms with van der Waals surface area (Å²) in [5, 5.41) is 9.76. The van der Waals surface area contributed by atoms with Crippen molar-refractivity contribution in [3.05, 3.63) is 12.2 Å². The van der Waals surface area contributed by atoms with Crippen molar-refractivity contribution < 1.29 is 22.7 Å². The van der Waals surface area contributed by atoms with Crippen LogP contribution in [0.15, 0.2) is 12.2 Å². The molecule has 0 saturated heterocycles. The molecule has 4 atom stereocenters. The monoisotopic (exact) mass is 238 g/mol. The summed E-state index contributed by atoms with van der Waals surface area (Å²) in [7, 11) is 0. The standard InChI is InChI=1S/C11H14F4O/c1-9(2,16)8-6-3-4-7(5-6)10(8,12)11(13,14)15/h3-4,6-8,16H,5H2,1-2H3. The molecule has 0 aromatic rings. The van der Waals surface area contributed by atoms with E-state index in [1.807, 2.05) is 0 Å². The van der Waals surface area contributed by atoms with Gasteiger partial charge in [0.1, 0.15) is 0 Å². The fraction of sp³-hybridized carbons (Fsp3) is 0.818. The first kappa shape index (κ1) is 11.9. The van der Waals surface area contributed by atoms with E-state index in [2.05, 4.69) is 0 Å². The van der Waals surface area contributed by atoms with Gasteiger partial charge in [-0.3, -0.25) is 0 Å². The zero-order chi connectivity index (χ0) is 12.4. The van der Waals surface area contributed by atoms with E-state index in [1.165, 1.54) is 19.9 Å². The minimum atomic E-state index is -4.93. The molecule has 1 nitrogen and oxygen atoms in total. The predicted octanol–water partition coefficient (Wildman–Crippen LogP) is 2.85. The molecule has 2 aliphatic carbocycles. The Kier molecular flexibility index (Phi) is 2.23. The van der Waals surface area contributed by atoms with Crippen LogP contribution in [0.2, 0.25) is 0 Å². The highest BCUT2D eigenvalue weighted by atomic mass is 19.4. The molecule has 0 aromatic heterocycles. The average molecular weight is 238 g/mol. The topological polar surface area (TPSA) is 20.2 Å². The van der Waals surface area contributed by atoms with Crippen molar-refractivity contribution in [3.63, 3.8) is 0 Å². The van der Waals surface area contributed by atoms with E-state index in [9.17, 15) is 22.7 Å². The Bertz CT molecular complexity index is 328. The van der Waals surface area contributed by atoms with Crippen molar-refractivity contribution in [2.24, 2.45) is 17.8 Å². The van der Waals surface area contributed by atoms with Crippen LogP contribution in [0.3, 0.4) is 0 Å². The first-order chi connectivity index (χ1) is 7.08. The molecule has 0 spiro atoms. The van der Waals surface area contributed by atoms with Gasteiger partial charge in [-0.2, -0.15) is 13.2 Å². The lowest BCUT2D eigenvalue weighted by molar-refractivity contribution is -0.271. The van der Waals surface area contributed by atoms with E-state index >= 15 is 0 Å². The summed E-state index contributed by atoms with van der Waals surface area (Å²) in [5.41, 5.74) is -4.96. The molecule has 2 aliphatic rings. The van der Waals surface area contributed by atoms with Gasteiger partial charge in [0.15, 0.2) is 0 Å². The van der Waals surface area contributed by atoms with Crippen molar-refractivity contribution >= 4 is 0 Å². The van der Waals surface area contributed by atoms with E-state index in [0.717, 1.165) is 0 Å². The Hall–Kier alpha value is -0.580. The Balaban J connectivity index is 2.48. The third-order valence-electron chi connectivity index (χ3n) is 3.73. The van der Waals surface area contributed by atoms with Gasteiger partial charge in [0.25, 0.3) is 0 Å². The highest BCUT2D eigenvalue weighted by Gasteiger charge is 2.73. The first-order valence-electron chi connectivity index (χ1n) is 5.25. The molecule has 0 amide bonds. The maximum absolute atomic E-state index is 14.3. The second-order valence-electron chi connectivity index (χ2n) is 5.29. The van der Waals surface area contributed by atoms with Gasteiger partial charge in [-0.15, -0.1) is 0 Å². The number of fused-ring (bicyclic) bond motifs is 2. The molecular formula is C11H14F4O. The van der Waals surface area contributed by atoms with Gasteiger partial charge in [0.05, 0.1) is 5.60 Å². The van der Waals surface area contributed by atoms with E-state index in [1.54, 1.807) is 6.08 Å². The summed E-state index contributed by atoms with van der Waals surface area (Å²) in [6, 6.07) is 0. The minimum Gasteiger partial charge on any atom is -0.390 e. The van der Waals surface area contributed by atoms with Crippen LogP contribution in [-0.4, -0.2) is 22.6 Å². The van der Waals surface area contributed by atoms with Crippen molar-refractivity contribution in [1.29, 1.82) is 0 Å². The lowest BCUT2D eigenvalue weighted by Crippen LogP contribution is -2.57. The van der Waals surface area contributed by atoms with E-state index in [-0.39, 0.29) is 6.42 Å². The van der Waals surface area contributed by atoms with E-state index in [0.29, 0.717) is 0 Å². The first-order valence-corrected chi connectivity index (χ1v) is 5.25. The lowest BCUT2D eigenvalue weighted by Gasteiger charge is -2.42. The fourth-order valence-electron chi connectivity index (χ4n) is 3.25. The highest BCUT2D eigenvalue weighted by Crippen LogP contribution is 2.62. The fourth-order valence-corrected chi connectivity index (χ4v) is 3.25. The summed E-state index contributed by atoms with van der Waals surface area (Å²) in [5.74, 6) is -3.07. The smallest absolute Gasteiger partial charge is 0.390 e. The normalized spacial score (nSPS) is 43.1. The van der Waals surface area contributed by atoms with Gasteiger partial charge in [-0.05, 0) is 26.2 Å². The van der Waals surface area contributed by atoms with Crippen molar-refractivity contribution in [2.75, 3.05) is 0 Å². The Morgan fingerprint density at radius 3 is 2.19 bits per heavy atom. The van der Waals surface area contributed by atoms with Crippen molar-refractivity contribution in [1.82, 2.24) is 0 Å². The SMILES string of the molecule is CC(C)(O)C1C2C=CC(C2)C1(F)C(F)(F)F. The number of hydrogen-bond donors (Lipinski definition) is 1. The number of rotatable bonds is 1. The molecule has 2 bridgehead atoms. The third-order valence-corrected chi connectivity index (χ3v) is 3.73. The van der Waals surface area contributed by atoms with Crippen molar-refractivity contribution in [3.8, 4) is 0 Å². The molecular weight excluding hydrogens is 224 g/mol. The molecule has 0 aliphatic heterocycles. The second kappa shape index (κ2) is 3.00. The number of aliphatic hydroxyl groups is 1. The number of allylic oxidation sites excluding steroid dienone is 2. The van der Waals surface area contributed by atoms with E-state index in [4.69, 9.17) is 0 Å². The molecule has 0 aromatic carbocycles. The molecule has 0 radical (unpaired) electrons. The second-order valence-corrected chi connectivity index (χ2v) is 5.29. The number of hydrogen-bond acceptors (Lipinski definition) is 1. The Morgan fingerprint density at radius 1 is 1.25 bits per heavy atom. The third kappa shape index (κ3) is 1.33. The Morgan fingerprint density at radius 2 is 1.81 bits per heavy atom. The summed E-state index contributed by atoms with van der Waals surface area (Å²) in [6.45, 7) is 2.48. The van der Waals surface area contributed by atoms with Crippen LogP contribution in [0.5, 0.6) is 0 Å². The number of halogens is 4. The van der Waals surface area contributed by atoms with Gasteiger partial charge in [-0.25, -0.2) is 4.39 Å². The summed E-state index contributed by atoms with van der Waals surface area (Å²) >= 11 is 0. The lowest BCUT2D eigenvalue weighted by atomic mass is 9.71. The molecule has 16 heavy (non-hydrogen) atoms. The van der Waals surface area contributed by atoms with Crippen LogP contribution in [0.1, 0.15) is 20.3 Å². The zero-order valence-corrected chi connectivity index (χ0v) is 9.05. The maximum Gasteiger partial charge on any atom is 0.423 e. The molecule has 4 unspecified atom stereocenters. The van der Waals surface area contributed by atoms with Crippen LogP contribution in [0.4, 0.5) is 17.6 Å². The predicted molar refractivity (Wildman–Crippen MR) is 50.4 cm³/mol. The summed E-state index contributed by atoms with van der Waals surface area (Å²) in [6.07, 6.45) is -1.90. The Labute approximate surface area is 91.1 Å². The minimum absolute atomic E-state index is 0.144. The average Bonchev–Trinajstić information content (AvgIpc) is 2.57. The maximum atomic E-state index is 14.3. The molecule has 0 heterocycles. The van der Waals surface area contributed by atoms with Crippen LogP contribution in [-0.2, 0) is 0 Å². The molecule has 1 saturated carbocycles. The molecule has 1 fully saturated rings. The van der Waals surface area contributed by atoms with Gasteiger partial charge in [-0.1, -0.05) is 12.2 Å².